The molecule has 6 heteroatoms. The fourth-order valence-corrected chi connectivity index (χ4v) is 1.57. The van der Waals surface area contributed by atoms with E-state index in [-0.39, 0.29) is 6.03 Å². The van der Waals surface area contributed by atoms with E-state index in [4.69, 9.17) is 5.73 Å². The summed E-state index contributed by atoms with van der Waals surface area (Å²) < 4.78 is 0. The molecular formula is C8H14N4OS. The highest BCUT2D eigenvalue weighted by Gasteiger charge is 2.08. The predicted octanol–water partition coefficient (Wildman–Crippen LogP) is 0.874. The first-order valence-corrected chi connectivity index (χ1v) is 5.15. The predicted molar refractivity (Wildman–Crippen MR) is 57.6 cm³/mol. The monoisotopic (exact) mass is 214 g/mol. The number of carbonyl (C=O) groups excluding carboxylic acids is 1. The van der Waals surface area contributed by atoms with Gasteiger partial charge in [-0.05, 0) is 6.92 Å². The molecule has 0 radical (unpaired) electrons. The molecule has 5 nitrogen and oxygen atoms in total. The van der Waals surface area contributed by atoms with Crippen molar-refractivity contribution in [1.29, 1.82) is 0 Å². The Morgan fingerprint density at radius 2 is 2.50 bits per heavy atom. The van der Waals surface area contributed by atoms with Gasteiger partial charge in [-0.25, -0.2) is 9.78 Å². The molecule has 1 aromatic rings. The van der Waals surface area contributed by atoms with Gasteiger partial charge in [-0.1, -0.05) is 0 Å². The number of nitrogens with two attached hydrogens (primary N) is 1. The lowest BCUT2D eigenvalue weighted by molar-refractivity contribution is 0.223. The first-order valence-electron chi connectivity index (χ1n) is 4.28. The summed E-state index contributed by atoms with van der Waals surface area (Å²) >= 11 is 1.41. The van der Waals surface area contributed by atoms with Crippen LogP contribution in [-0.2, 0) is 0 Å². The van der Waals surface area contributed by atoms with Crippen molar-refractivity contribution < 1.29 is 4.79 Å². The van der Waals surface area contributed by atoms with Crippen LogP contribution in [0.4, 0.5) is 9.93 Å². The van der Waals surface area contributed by atoms with Crippen LogP contribution in [0.5, 0.6) is 0 Å². The maximum Gasteiger partial charge on any atom is 0.323 e. The lowest BCUT2D eigenvalue weighted by Crippen LogP contribution is -2.35. The molecule has 0 aliphatic rings. The van der Waals surface area contributed by atoms with Gasteiger partial charge in [0.15, 0.2) is 5.13 Å². The molecular weight excluding hydrogens is 200 g/mol. The van der Waals surface area contributed by atoms with Gasteiger partial charge < -0.3 is 10.6 Å². The summed E-state index contributed by atoms with van der Waals surface area (Å²) in [5, 5.41) is 5.20. The molecule has 0 spiro atoms. The number of hydrogen-bond acceptors (Lipinski definition) is 4. The van der Waals surface area contributed by atoms with Crippen molar-refractivity contribution in [2.24, 2.45) is 5.73 Å². The van der Waals surface area contributed by atoms with Crippen LogP contribution in [0.15, 0.2) is 5.38 Å². The molecule has 14 heavy (non-hydrogen) atoms. The van der Waals surface area contributed by atoms with Crippen molar-refractivity contribution in [3.8, 4) is 0 Å². The summed E-state index contributed by atoms with van der Waals surface area (Å²) in [6, 6.07) is -0.176. The van der Waals surface area contributed by atoms with Crippen LogP contribution >= 0.6 is 11.3 Å². The summed E-state index contributed by atoms with van der Waals surface area (Å²) in [5.41, 5.74) is 6.24. The Kier molecular flexibility index (Phi) is 3.84. The minimum atomic E-state index is -0.176. The van der Waals surface area contributed by atoms with Gasteiger partial charge in [-0.3, -0.25) is 5.32 Å². The number of likely N-dealkylation sites (N-methyl/N-ethyl adjacent to an activating group) is 1. The molecule has 1 heterocycles. The van der Waals surface area contributed by atoms with Crippen molar-refractivity contribution >= 4 is 22.5 Å². The number of hydrogen-bond donors (Lipinski definition) is 2. The standard InChI is InChI=1S/C8H14N4OS/c1-6-5-14-7(10-6)11-8(13)12(2)4-3-9/h5H,3-4,9H2,1-2H3,(H,10,11,13). The highest BCUT2D eigenvalue weighted by Crippen LogP contribution is 2.14. The van der Waals surface area contributed by atoms with E-state index in [9.17, 15) is 4.79 Å². The Morgan fingerprint density at radius 1 is 1.79 bits per heavy atom. The fourth-order valence-electron chi connectivity index (χ4n) is 0.893. The van der Waals surface area contributed by atoms with Crippen LogP contribution in [-0.4, -0.2) is 36.1 Å². The number of anilines is 1. The van der Waals surface area contributed by atoms with Crippen LogP contribution < -0.4 is 11.1 Å². The minimum absolute atomic E-state index is 0.176. The third kappa shape index (κ3) is 2.97. The summed E-state index contributed by atoms with van der Waals surface area (Å²) in [5.74, 6) is 0. The Balaban J connectivity index is 2.48. The molecule has 0 aliphatic carbocycles. The molecule has 0 atom stereocenters. The number of carbonyl (C=O) groups is 1. The van der Waals surface area contributed by atoms with E-state index in [0.717, 1.165) is 5.69 Å². The van der Waals surface area contributed by atoms with E-state index in [0.29, 0.717) is 18.2 Å². The molecule has 3 N–H and O–H groups in total. The lowest BCUT2D eigenvalue weighted by atomic mass is 10.6. The molecule has 0 aliphatic heterocycles. The van der Waals surface area contributed by atoms with Gasteiger partial charge in [0, 0.05) is 25.5 Å². The molecule has 1 aromatic heterocycles. The maximum atomic E-state index is 11.4. The van der Waals surface area contributed by atoms with Crippen LogP contribution in [0.1, 0.15) is 5.69 Å². The zero-order valence-electron chi connectivity index (χ0n) is 8.28. The van der Waals surface area contributed by atoms with Gasteiger partial charge in [-0.2, -0.15) is 0 Å². The molecule has 78 valence electrons. The zero-order valence-corrected chi connectivity index (χ0v) is 9.10. The Morgan fingerprint density at radius 3 is 3.00 bits per heavy atom. The third-order valence-electron chi connectivity index (χ3n) is 1.64. The van der Waals surface area contributed by atoms with Crippen molar-refractivity contribution in [2.45, 2.75) is 6.92 Å². The average molecular weight is 214 g/mol. The molecule has 0 bridgehead atoms. The van der Waals surface area contributed by atoms with Crippen LogP contribution in [0, 0.1) is 6.92 Å². The average Bonchev–Trinajstić information content (AvgIpc) is 2.51. The van der Waals surface area contributed by atoms with Gasteiger partial charge in [0.05, 0.1) is 5.69 Å². The maximum absolute atomic E-state index is 11.4. The smallest absolute Gasteiger partial charge is 0.323 e. The van der Waals surface area contributed by atoms with Crippen molar-refractivity contribution in [1.82, 2.24) is 9.88 Å². The second-order valence-electron chi connectivity index (χ2n) is 2.93. The largest absolute Gasteiger partial charge is 0.329 e. The Labute approximate surface area is 86.9 Å². The summed E-state index contributed by atoms with van der Waals surface area (Å²) in [6.45, 7) is 2.88. The zero-order chi connectivity index (χ0) is 10.6. The van der Waals surface area contributed by atoms with Crippen LogP contribution in [0.25, 0.3) is 0 Å². The number of urea groups is 1. The number of amides is 2. The van der Waals surface area contributed by atoms with Crippen molar-refractivity contribution in [3.63, 3.8) is 0 Å². The van der Waals surface area contributed by atoms with E-state index in [1.807, 2.05) is 12.3 Å². The van der Waals surface area contributed by atoms with Gasteiger partial charge in [-0.15, -0.1) is 11.3 Å². The molecule has 2 amide bonds. The number of rotatable bonds is 3. The minimum Gasteiger partial charge on any atom is -0.329 e. The molecule has 0 unspecified atom stereocenters. The van der Waals surface area contributed by atoms with Crippen LogP contribution in [0.3, 0.4) is 0 Å². The second-order valence-corrected chi connectivity index (χ2v) is 3.79. The Hall–Kier alpha value is -1.14. The molecule has 1 rings (SSSR count). The number of nitrogens with one attached hydrogen (secondary N) is 1. The fraction of sp³-hybridized carbons (Fsp3) is 0.500. The van der Waals surface area contributed by atoms with E-state index < -0.39 is 0 Å². The SMILES string of the molecule is Cc1csc(NC(=O)N(C)CCN)n1. The molecule has 0 saturated heterocycles. The summed E-state index contributed by atoms with van der Waals surface area (Å²) in [6.07, 6.45) is 0. The first-order chi connectivity index (χ1) is 6.63. The van der Waals surface area contributed by atoms with Gasteiger partial charge in [0.25, 0.3) is 0 Å². The molecule has 0 aromatic carbocycles. The highest BCUT2D eigenvalue weighted by atomic mass is 32.1. The van der Waals surface area contributed by atoms with Crippen LogP contribution in [0.2, 0.25) is 0 Å². The van der Waals surface area contributed by atoms with Crippen molar-refractivity contribution in [2.75, 3.05) is 25.5 Å². The highest BCUT2D eigenvalue weighted by molar-refractivity contribution is 7.13. The van der Waals surface area contributed by atoms with E-state index in [1.54, 1.807) is 7.05 Å². The third-order valence-corrected chi connectivity index (χ3v) is 2.52. The van der Waals surface area contributed by atoms with Gasteiger partial charge in [0.2, 0.25) is 0 Å². The van der Waals surface area contributed by atoms with Crippen molar-refractivity contribution in [3.05, 3.63) is 11.1 Å². The van der Waals surface area contributed by atoms with E-state index in [2.05, 4.69) is 10.3 Å². The normalized spacial score (nSPS) is 9.93. The summed E-state index contributed by atoms with van der Waals surface area (Å²) in [4.78, 5) is 17.1. The molecule has 0 saturated carbocycles. The quantitative estimate of drug-likeness (QED) is 0.784. The Bertz CT molecular complexity index is 312. The number of aromatic nitrogens is 1. The lowest BCUT2D eigenvalue weighted by Gasteiger charge is -2.15. The second kappa shape index (κ2) is 4.92. The first kappa shape index (κ1) is 10.9. The number of thiazole rings is 1. The van der Waals surface area contributed by atoms with Gasteiger partial charge in [0.1, 0.15) is 0 Å². The molecule has 0 fully saturated rings. The van der Waals surface area contributed by atoms with E-state index in [1.165, 1.54) is 16.2 Å². The van der Waals surface area contributed by atoms with Gasteiger partial charge >= 0.3 is 6.03 Å². The summed E-state index contributed by atoms with van der Waals surface area (Å²) in [7, 11) is 1.70. The number of nitrogens with zero attached hydrogens (tertiary/aromatic N) is 2. The topological polar surface area (TPSA) is 71.2 Å². The van der Waals surface area contributed by atoms with E-state index >= 15 is 0 Å². The number of aryl methyl sites for hydroxylation is 1.